The molecule has 19 heavy (non-hydrogen) atoms. The quantitative estimate of drug-likeness (QED) is 0.759. The minimum Gasteiger partial charge on any atom is -0.481 e. The molecule has 2 N–H and O–H groups in total. The summed E-state index contributed by atoms with van der Waals surface area (Å²) in [7, 11) is 0. The first kappa shape index (κ1) is 13.5. The molecule has 0 spiro atoms. The Morgan fingerprint density at radius 2 is 2.16 bits per heavy atom. The molecule has 0 aliphatic heterocycles. The lowest BCUT2D eigenvalue weighted by molar-refractivity contribution is -0.753. The van der Waals surface area contributed by atoms with Crippen LogP contribution in [0.3, 0.4) is 0 Å². The van der Waals surface area contributed by atoms with E-state index in [0.29, 0.717) is 12.1 Å². The number of carbonyl (C=O) groups excluding carboxylic acids is 1. The van der Waals surface area contributed by atoms with Gasteiger partial charge in [0.1, 0.15) is 12.6 Å². The summed E-state index contributed by atoms with van der Waals surface area (Å²) in [6.45, 7) is 0.305. The van der Waals surface area contributed by atoms with Crippen molar-refractivity contribution in [3.8, 4) is 0 Å². The highest BCUT2D eigenvalue weighted by atomic mass is 16.4. The lowest BCUT2D eigenvalue weighted by Gasteiger charge is -2.10. The zero-order valence-corrected chi connectivity index (χ0v) is 10.7. The second kappa shape index (κ2) is 6.26. The van der Waals surface area contributed by atoms with Crippen LogP contribution in [0.25, 0.3) is 0 Å². The molecule has 1 aliphatic rings. The fraction of sp³-hybridized carbons (Fsp3) is 0.538. The van der Waals surface area contributed by atoms with E-state index in [1.807, 2.05) is 0 Å². The zero-order chi connectivity index (χ0) is 13.7. The number of nitrogens with zero attached hydrogens (tertiary/aromatic N) is 2. The third-order valence-corrected chi connectivity index (χ3v) is 3.28. The number of aliphatic carboxylic acids is 1. The highest BCUT2D eigenvalue weighted by Gasteiger charge is 2.18. The number of amides is 1. The molecule has 1 fully saturated rings. The molecular weight excluding hydrogens is 246 g/mol. The van der Waals surface area contributed by atoms with Gasteiger partial charge in [-0.3, -0.25) is 9.59 Å². The maximum absolute atomic E-state index is 11.9. The topological polar surface area (TPSA) is 83.2 Å². The molecule has 1 heterocycles. The number of nitrogens with one attached hydrogen (secondary N) is 1. The first-order chi connectivity index (χ1) is 9.15. The molecule has 2 rings (SSSR count). The van der Waals surface area contributed by atoms with Gasteiger partial charge in [-0.05, 0) is 17.9 Å². The lowest BCUT2D eigenvalue weighted by Crippen LogP contribution is -2.39. The van der Waals surface area contributed by atoms with Crippen molar-refractivity contribution >= 4 is 11.9 Å². The van der Waals surface area contributed by atoms with Gasteiger partial charge in [0.05, 0.1) is 5.56 Å². The van der Waals surface area contributed by atoms with Crippen LogP contribution in [-0.4, -0.2) is 28.1 Å². The van der Waals surface area contributed by atoms with E-state index >= 15 is 0 Å². The highest BCUT2D eigenvalue weighted by Crippen LogP contribution is 2.17. The Morgan fingerprint density at radius 1 is 1.42 bits per heavy atom. The standard InChI is InChI=1S/C13H17N3O3/c17-12(18)6-8-16-7-5-10(9-14-16)13(19)15-11-3-1-2-4-11/h5,7,9,11H,1-4,6,8H2,(H-,15,17,18,19)/p+1. The van der Waals surface area contributed by atoms with Crippen molar-refractivity contribution in [2.24, 2.45) is 0 Å². The van der Waals surface area contributed by atoms with E-state index in [2.05, 4.69) is 10.4 Å². The summed E-state index contributed by atoms with van der Waals surface area (Å²) in [5.41, 5.74) is 0.512. The average molecular weight is 264 g/mol. The van der Waals surface area contributed by atoms with Crippen LogP contribution in [-0.2, 0) is 11.3 Å². The molecule has 102 valence electrons. The van der Waals surface area contributed by atoms with Gasteiger partial charge >= 0.3 is 5.97 Å². The molecule has 6 heteroatoms. The zero-order valence-electron chi connectivity index (χ0n) is 10.7. The van der Waals surface area contributed by atoms with Crippen molar-refractivity contribution in [1.29, 1.82) is 0 Å². The predicted octanol–water partition coefficient (Wildman–Crippen LogP) is 0.516. The molecule has 1 aromatic rings. The number of aryl methyl sites for hydroxylation is 1. The van der Waals surface area contributed by atoms with Crippen LogP contribution in [0.2, 0.25) is 0 Å². The Hall–Kier alpha value is -1.98. The number of hydrogen-bond acceptors (Lipinski definition) is 3. The number of aromatic nitrogens is 2. The van der Waals surface area contributed by atoms with Crippen LogP contribution in [0.15, 0.2) is 18.5 Å². The predicted molar refractivity (Wildman–Crippen MR) is 66.4 cm³/mol. The third-order valence-electron chi connectivity index (χ3n) is 3.28. The van der Waals surface area contributed by atoms with Crippen LogP contribution >= 0.6 is 0 Å². The van der Waals surface area contributed by atoms with E-state index in [4.69, 9.17) is 5.11 Å². The van der Waals surface area contributed by atoms with Gasteiger partial charge in [0, 0.05) is 12.1 Å². The van der Waals surface area contributed by atoms with Crippen molar-refractivity contribution in [2.45, 2.75) is 44.7 Å². The van der Waals surface area contributed by atoms with Crippen molar-refractivity contribution < 1.29 is 19.4 Å². The Kier molecular flexibility index (Phi) is 4.43. The molecule has 1 saturated carbocycles. The van der Waals surface area contributed by atoms with Crippen LogP contribution in [0.1, 0.15) is 42.5 Å². The van der Waals surface area contributed by atoms with Gasteiger partial charge in [0.15, 0.2) is 12.7 Å². The van der Waals surface area contributed by atoms with Gasteiger partial charge in [-0.15, -0.1) is 0 Å². The molecule has 0 saturated heterocycles. The fourth-order valence-electron chi connectivity index (χ4n) is 2.20. The minimum absolute atomic E-state index is 0.0191. The van der Waals surface area contributed by atoms with Crippen LogP contribution in [0.5, 0.6) is 0 Å². The minimum atomic E-state index is -0.864. The molecule has 1 aromatic heterocycles. The van der Waals surface area contributed by atoms with Crippen molar-refractivity contribution in [3.05, 3.63) is 24.0 Å². The summed E-state index contributed by atoms with van der Waals surface area (Å²) in [5, 5.41) is 15.6. The van der Waals surface area contributed by atoms with E-state index in [9.17, 15) is 9.59 Å². The van der Waals surface area contributed by atoms with Crippen molar-refractivity contribution in [2.75, 3.05) is 0 Å². The van der Waals surface area contributed by atoms with Gasteiger partial charge in [0.2, 0.25) is 0 Å². The monoisotopic (exact) mass is 264 g/mol. The summed E-state index contributed by atoms with van der Waals surface area (Å²) in [6, 6.07) is 1.95. The Morgan fingerprint density at radius 3 is 2.74 bits per heavy atom. The van der Waals surface area contributed by atoms with E-state index < -0.39 is 5.97 Å². The second-order valence-electron chi connectivity index (χ2n) is 4.78. The second-order valence-corrected chi connectivity index (χ2v) is 4.78. The maximum Gasteiger partial charge on any atom is 0.309 e. The van der Waals surface area contributed by atoms with Gasteiger partial charge in [-0.2, -0.15) is 0 Å². The van der Waals surface area contributed by atoms with Gasteiger partial charge in [0.25, 0.3) is 5.91 Å². The van der Waals surface area contributed by atoms with E-state index in [1.165, 1.54) is 23.7 Å². The number of carboxylic acid groups (broad SMARTS) is 1. The molecule has 0 unspecified atom stereocenters. The third kappa shape index (κ3) is 4.01. The number of carbonyl (C=O) groups is 2. The molecule has 0 aromatic carbocycles. The average Bonchev–Trinajstić information content (AvgIpc) is 2.89. The summed E-state index contributed by atoms with van der Waals surface area (Å²) in [6.07, 6.45) is 7.57. The molecular formula is C13H18N3O3+. The Labute approximate surface area is 111 Å². The van der Waals surface area contributed by atoms with Crippen molar-refractivity contribution in [3.63, 3.8) is 0 Å². The van der Waals surface area contributed by atoms with Crippen LogP contribution < -0.4 is 10.00 Å². The molecule has 6 nitrogen and oxygen atoms in total. The molecule has 0 atom stereocenters. The van der Waals surface area contributed by atoms with Gasteiger partial charge < -0.3 is 10.4 Å². The summed E-state index contributed by atoms with van der Waals surface area (Å²) >= 11 is 0. The highest BCUT2D eigenvalue weighted by molar-refractivity contribution is 5.93. The molecule has 1 amide bonds. The molecule has 1 aliphatic carbocycles. The largest absolute Gasteiger partial charge is 0.481 e. The Balaban J connectivity index is 1.89. The first-order valence-corrected chi connectivity index (χ1v) is 6.53. The van der Waals surface area contributed by atoms with Gasteiger partial charge in [-0.25, -0.2) is 0 Å². The maximum atomic E-state index is 11.9. The Bertz CT molecular complexity index is 453. The van der Waals surface area contributed by atoms with E-state index in [1.54, 1.807) is 12.3 Å². The number of rotatable bonds is 5. The van der Waals surface area contributed by atoms with Crippen LogP contribution in [0, 0.1) is 0 Å². The summed E-state index contributed by atoms with van der Waals surface area (Å²) in [4.78, 5) is 22.4. The summed E-state index contributed by atoms with van der Waals surface area (Å²) in [5.74, 6) is -0.970. The normalized spacial score (nSPS) is 15.4. The van der Waals surface area contributed by atoms with E-state index in [-0.39, 0.29) is 18.4 Å². The lowest BCUT2D eigenvalue weighted by atomic mass is 10.2. The number of carboxylic acids is 1. The van der Waals surface area contributed by atoms with Gasteiger partial charge in [-0.1, -0.05) is 17.5 Å². The molecule has 0 bridgehead atoms. The molecule has 0 radical (unpaired) electrons. The smallest absolute Gasteiger partial charge is 0.309 e. The first-order valence-electron chi connectivity index (χ1n) is 6.53. The number of hydrogen-bond donors (Lipinski definition) is 2. The fourth-order valence-corrected chi connectivity index (χ4v) is 2.20. The van der Waals surface area contributed by atoms with E-state index in [0.717, 1.165) is 12.8 Å². The van der Waals surface area contributed by atoms with Crippen molar-refractivity contribution in [1.82, 2.24) is 10.4 Å². The summed E-state index contributed by atoms with van der Waals surface area (Å²) < 4.78 is 1.51. The van der Waals surface area contributed by atoms with Crippen LogP contribution in [0.4, 0.5) is 0 Å². The SMILES string of the molecule is O=C(O)CC[n+]1ccc(C(=O)NC2CCCC2)cn1.